The molecule has 0 atom stereocenters. The van der Waals surface area contributed by atoms with Crippen molar-refractivity contribution >= 4 is 6.29 Å². The van der Waals surface area contributed by atoms with E-state index in [2.05, 4.69) is 4.98 Å². The summed E-state index contributed by atoms with van der Waals surface area (Å²) in [5.74, 6) is 1.85. The highest BCUT2D eigenvalue weighted by atomic mass is 16.5. The molecule has 0 unspecified atom stereocenters. The van der Waals surface area contributed by atoms with Crippen LogP contribution in [0.3, 0.4) is 0 Å². The molecule has 0 spiro atoms. The monoisotopic (exact) mass is 245 g/mol. The Labute approximate surface area is 106 Å². The molecule has 2 rings (SSSR count). The molecule has 0 aliphatic heterocycles. The maximum Gasteiger partial charge on any atom is 0.232 e. The van der Waals surface area contributed by atoms with Crippen LogP contribution in [0.5, 0.6) is 5.75 Å². The van der Waals surface area contributed by atoms with Crippen LogP contribution in [0.25, 0.3) is 0 Å². The lowest BCUT2D eigenvalue weighted by atomic mass is 10.1. The molecule has 94 valence electrons. The maximum absolute atomic E-state index is 10.9. The van der Waals surface area contributed by atoms with Crippen molar-refractivity contribution in [2.75, 3.05) is 0 Å². The number of hydrogen-bond acceptors (Lipinski definition) is 4. The lowest BCUT2D eigenvalue weighted by Crippen LogP contribution is -1.99. The highest BCUT2D eigenvalue weighted by Crippen LogP contribution is 2.20. The number of rotatable bonds is 4. The molecule has 0 aliphatic rings. The van der Waals surface area contributed by atoms with Gasteiger partial charge in [-0.15, -0.1) is 0 Å². The van der Waals surface area contributed by atoms with Gasteiger partial charge in [-0.3, -0.25) is 4.79 Å². The molecule has 0 N–H and O–H groups in total. The zero-order chi connectivity index (χ0) is 13.1. The molecule has 0 fully saturated rings. The van der Waals surface area contributed by atoms with Crippen molar-refractivity contribution in [2.45, 2.75) is 27.4 Å². The number of aldehydes is 1. The lowest BCUT2D eigenvalue weighted by Gasteiger charge is -2.06. The maximum atomic E-state index is 10.9. The van der Waals surface area contributed by atoms with Crippen molar-refractivity contribution < 1.29 is 13.9 Å². The quantitative estimate of drug-likeness (QED) is 0.777. The zero-order valence-corrected chi connectivity index (χ0v) is 10.7. The zero-order valence-electron chi connectivity index (χ0n) is 10.7. The third-order valence-electron chi connectivity index (χ3n) is 2.72. The van der Waals surface area contributed by atoms with E-state index in [1.807, 2.05) is 26.8 Å². The average molecular weight is 245 g/mol. The van der Waals surface area contributed by atoms with E-state index in [0.29, 0.717) is 17.2 Å². The molecule has 2 aromatic rings. The Kier molecular flexibility index (Phi) is 3.46. The van der Waals surface area contributed by atoms with Gasteiger partial charge in [-0.1, -0.05) is 11.6 Å². The third-order valence-corrected chi connectivity index (χ3v) is 2.72. The molecule has 0 saturated heterocycles. The van der Waals surface area contributed by atoms with Crippen LogP contribution in [0.1, 0.15) is 33.3 Å². The molecular formula is C14H15NO3. The summed E-state index contributed by atoms with van der Waals surface area (Å²) < 4.78 is 11.0. The van der Waals surface area contributed by atoms with Crippen molar-refractivity contribution in [3.05, 3.63) is 46.7 Å². The lowest BCUT2D eigenvalue weighted by molar-refractivity contribution is 0.111. The summed E-state index contributed by atoms with van der Waals surface area (Å²) in [7, 11) is 0. The van der Waals surface area contributed by atoms with Gasteiger partial charge >= 0.3 is 0 Å². The summed E-state index contributed by atoms with van der Waals surface area (Å²) in [4.78, 5) is 15.1. The van der Waals surface area contributed by atoms with E-state index < -0.39 is 0 Å². The number of nitrogens with zero attached hydrogens (tertiary/aromatic N) is 1. The molecule has 1 heterocycles. The second kappa shape index (κ2) is 5.04. The topological polar surface area (TPSA) is 52.3 Å². The average Bonchev–Trinajstić information content (AvgIpc) is 2.67. The van der Waals surface area contributed by atoms with E-state index in [4.69, 9.17) is 9.15 Å². The number of benzene rings is 1. The summed E-state index contributed by atoms with van der Waals surface area (Å²) in [5.41, 5.74) is 2.41. The number of carbonyl (C=O) groups is 1. The predicted molar refractivity (Wildman–Crippen MR) is 66.9 cm³/mol. The number of hydrogen-bond donors (Lipinski definition) is 0. The van der Waals surface area contributed by atoms with Gasteiger partial charge in [0.05, 0.1) is 11.3 Å². The van der Waals surface area contributed by atoms with Gasteiger partial charge < -0.3 is 9.15 Å². The molecule has 0 aliphatic carbocycles. The van der Waals surface area contributed by atoms with Crippen LogP contribution in [0.4, 0.5) is 0 Å². The summed E-state index contributed by atoms with van der Waals surface area (Å²) in [6.45, 7) is 5.88. The Morgan fingerprint density at radius 3 is 2.72 bits per heavy atom. The fourth-order valence-electron chi connectivity index (χ4n) is 1.63. The standard InChI is InChI=1S/C14H15NO3/c1-9-4-5-13(12(6-9)7-16)17-8-14-15-10(2)11(3)18-14/h4-7H,8H2,1-3H3. The van der Waals surface area contributed by atoms with Gasteiger partial charge in [-0.2, -0.15) is 0 Å². The van der Waals surface area contributed by atoms with E-state index in [1.165, 1.54) is 0 Å². The van der Waals surface area contributed by atoms with Crippen LogP contribution in [0, 0.1) is 20.8 Å². The number of aromatic nitrogens is 1. The number of oxazole rings is 1. The van der Waals surface area contributed by atoms with Crippen molar-refractivity contribution in [2.24, 2.45) is 0 Å². The van der Waals surface area contributed by atoms with Crippen LogP contribution < -0.4 is 4.74 Å². The molecule has 1 aromatic heterocycles. The molecular weight excluding hydrogens is 230 g/mol. The molecule has 0 amide bonds. The Morgan fingerprint density at radius 2 is 2.11 bits per heavy atom. The van der Waals surface area contributed by atoms with Crippen LogP contribution in [0.15, 0.2) is 22.6 Å². The fraction of sp³-hybridized carbons (Fsp3) is 0.286. The Hall–Kier alpha value is -2.10. The molecule has 0 saturated carbocycles. The van der Waals surface area contributed by atoms with Gasteiger partial charge in [0, 0.05) is 0 Å². The van der Waals surface area contributed by atoms with Crippen molar-refractivity contribution in [1.29, 1.82) is 0 Å². The molecule has 4 heteroatoms. The van der Waals surface area contributed by atoms with E-state index in [1.54, 1.807) is 12.1 Å². The summed E-state index contributed by atoms with van der Waals surface area (Å²) in [6, 6.07) is 5.46. The fourth-order valence-corrected chi connectivity index (χ4v) is 1.63. The number of ether oxygens (including phenoxy) is 1. The smallest absolute Gasteiger partial charge is 0.232 e. The van der Waals surface area contributed by atoms with Crippen LogP contribution in [-0.2, 0) is 6.61 Å². The van der Waals surface area contributed by atoms with Gasteiger partial charge in [0.25, 0.3) is 0 Å². The predicted octanol–water partition coefficient (Wildman–Crippen LogP) is 2.99. The molecule has 0 bridgehead atoms. The van der Waals surface area contributed by atoms with E-state index in [0.717, 1.165) is 23.3 Å². The van der Waals surface area contributed by atoms with Crippen LogP contribution in [-0.4, -0.2) is 11.3 Å². The molecule has 18 heavy (non-hydrogen) atoms. The first-order chi connectivity index (χ1) is 8.60. The van der Waals surface area contributed by atoms with Crippen molar-refractivity contribution in [3.63, 3.8) is 0 Å². The highest BCUT2D eigenvalue weighted by molar-refractivity contribution is 5.79. The van der Waals surface area contributed by atoms with Gasteiger partial charge in [0.1, 0.15) is 11.5 Å². The molecule has 1 aromatic carbocycles. The number of carbonyl (C=O) groups excluding carboxylic acids is 1. The number of aryl methyl sites for hydroxylation is 3. The minimum atomic E-state index is 0.221. The van der Waals surface area contributed by atoms with E-state index in [-0.39, 0.29) is 6.61 Å². The van der Waals surface area contributed by atoms with Gasteiger partial charge in [0.2, 0.25) is 5.89 Å². The summed E-state index contributed by atoms with van der Waals surface area (Å²) >= 11 is 0. The summed E-state index contributed by atoms with van der Waals surface area (Å²) in [5, 5.41) is 0. The normalized spacial score (nSPS) is 10.4. The Bertz CT molecular complexity index is 553. The minimum Gasteiger partial charge on any atom is -0.483 e. The Balaban J connectivity index is 2.12. The molecule has 4 nitrogen and oxygen atoms in total. The Morgan fingerprint density at radius 1 is 1.33 bits per heavy atom. The molecule has 0 radical (unpaired) electrons. The first-order valence-corrected chi connectivity index (χ1v) is 5.71. The second-order valence-corrected chi connectivity index (χ2v) is 4.20. The van der Waals surface area contributed by atoms with Gasteiger partial charge in [-0.05, 0) is 32.9 Å². The van der Waals surface area contributed by atoms with E-state index in [9.17, 15) is 4.79 Å². The van der Waals surface area contributed by atoms with Crippen LogP contribution in [0.2, 0.25) is 0 Å². The van der Waals surface area contributed by atoms with Gasteiger partial charge in [0.15, 0.2) is 12.9 Å². The van der Waals surface area contributed by atoms with Crippen molar-refractivity contribution in [3.8, 4) is 5.75 Å². The van der Waals surface area contributed by atoms with Crippen molar-refractivity contribution in [1.82, 2.24) is 4.98 Å². The first-order valence-electron chi connectivity index (χ1n) is 5.71. The van der Waals surface area contributed by atoms with Gasteiger partial charge in [-0.25, -0.2) is 4.98 Å². The van der Waals surface area contributed by atoms with E-state index >= 15 is 0 Å². The second-order valence-electron chi connectivity index (χ2n) is 4.20. The first kappa shape index (κ1) is 12.4. The third kappa shape index (κ3) is 2.59. The van der Waals surface area contributed by atoms with Crippen LogP contribution >= 0.6 is 0 Å². The largest absolute Gasteiger partial charge is 0.483 e. The SMILES string of the molecule is Cc1ccc(OCc2nc(C)c(C)o2)c(C=O)c1. The minimum absolute atomic E-state index is 0.221. The highest BCUT2D eigenvalue weighted by Gasteiger charge is 2.08. The summed E-state index contributed by atoms with van der Waals surface area (Å²) in [6.07, 6.45) is 0.786.